The summed E-state index contributed by atoms with van der Waals surface area (Å²) in [7, 11) is 0. The van der Waals surface area contributed by atoms with Crippen molar-refractivity contribution in [2.75, 3.05) is 0 Å². The van der Waals surface area contributed by atoms with Gasteiger partial charge < -0.3 is 5.11 Å². The molecule has 0 aliphatic heterocycles. The van der Waals surface area contributed by atoms with Gasteiger partial charge in [-0.25, -0.2) is 4.39 Å². The lowest BCUT2D eigenvalue weighted by atomic mass is 9.82. The summed E-state index contributed by atoms with van der Waals surface area (Å²) >= 11 is 3.25. The van der Waals surface area contributed by atoms with E-state index >= 15 is 0 Å². The minimum Gasteiger partial charge on any atom is -0.384 e. The van der Waals surface area contributed by atoms with E-state index in [0.29, 0.717) is 10.0 Å². The molecule has 0 saturated heterocycles. The quantitative estimate of drug-likeness (QED) is 0.786. The van der Waals surface area contributed by atoms with E-state index in [0.717, 1.165) is 12.0 Å². The van der Waals surface area contributed by atoms with E-state index in [1.807, 2.05) is 24.3 Å². The topological polar surface area (TPSA) is 20.2 Å². The second kappa shape index (κ2) is 6.29. The summed E-state index contributed by atoms with van der Waals surface area (Å²) in [5.74, 6) is -0.359. The predicted molar refractivity (Wildman–Crippen MR) is 87.9 cm³/mol. The van der Waals surface area contributed by atoms with Gasteiger partial charge in [0.1, 0.15) is 11.9 Å². The average Bonchev–Trinajstić information content (AvgIpc) is 2.45. The SMILES string of the molecule is CCC(C)(C)c1ccc(C(O)c2cc(F)cc(Br)c2)cc1. The third-order valence-corrected chi connectivity index (χ3v) is 4.55. The van der Waals surface area contributed by atoms with Crippen molar-refractivity contribution in [3.05, 3.63) is 69.4 Å². The summed E-state index contributed by atoms with van der Waals surface area (Å²) in [6.45, 7) is 6.55. The second-order valence-electron chi connectivity index (χ2n) is 5.96. The largest absolute Gasteiger partial charge is 0.384 e. The van der Waals surface area contributed by atoms with Crippen molar-refractivity contribution in [2.24, 2.45) is 0 Å². The first kappa shape index (κ1) is 16.2. The average molecular weight is 351 g/mol. The lowest BCUT2D eigenvalue weighted by Crippen LogP contribution is -2.15. The van der Waals surface area contributed by atoms with Crippen molar-refractivity contribution in [1.29, 1.82) is 0 Å². The molecule has 0 aliphatic carbocycles. The number of aliphatic hydroxyl groups excluding tert-OH is 1. The van der Waals surface area contributed by atoms with Crippen LogP contribution in [0, 0.1) is 5.82 Å². The minimum atomic E-state index is -0.823. The van der Waals surface area contributed by atoms with Crippen LogP contribution >= 0.6 is 15.9 Å². The van der Waals surface area contributed by atoms with E-state index in [1.54, 1.807) is 6.07 Å². The van der Waals surface area contributed by atoms with Gasteiger partial charge in [0, 0.05) is 4.47 Å². The smallest absolute Gasteiger partial charge is 0.124 e. The van der Waals surface area contributed by atoms with Crippen LogP contribution in [0.25, 0.3) is 0 Å². The summed E-state index contributed by atoms with van der Waals surface area (Å²) in [6, 6.07) is 12.4. The molecule has 2 rings (SSSR count). The van der Waals surface area contributed by atoms with Crippen LogP contribution in [0.15, 0.2) is 46.9 Å². The zero-order chi connectivity index (χ0) is 15.6. The van der Waals surface area contributed by atoms with Crippen LogP contribution in [0.4, 0.5) is 4.39 Å². The Morgan fingerprint density at radius 1 is 1.10 bits per heavy atom. The minimum absolute atomic E-state index is 0.116. The molecule has 1 nitrogen and oxygen atoms in total. The fraction of sp³-hybridized carbons (Fsp3) is 0.333. The predicted octanol–water partition coefficient (Wildman–Crippen LogP) is 5.36. The van der Waals surface area contributed by atoms with E-state index < -0.39 is 6.10 Å². The third kappa shape index (κ3) is 3.72. The molecular weight excluding hydrogens is 331 g/mol. The Bertz CT molecular complexity index is 599. The van der Waals surface area contributed by atoms with Crippen molar-refractivity contribution in [1.82, 2.24) is 0 Å². The van der Waals surface area contributed by atoms with Crippen molar-refractivity contribution in [2.45, 2.75) is 38.7 Å². The molecule has 1 unspecified atom stereocenters. The molecule has 0 bridgehead atoms. The Hall–Kier alpha value is -1.19. The van der Waals surface area contributed by atoms with Gasteiger partial charge >= 0.3 is 0 Å². The molecule has 0 aromatic heterocycles. The molecule has 0 fully saturated rings. The van der Waals surface area contributed by atoms with Gasteiger partial charge in [-0.2, -0.15) is 0 Å². The number of rotatable bonds is 4. The highest BCUT2D eigenvalue weighted by molar-refractivity contribution is 9.10. The van der Waals surface area contributed by atoms with Gasteiger partial charge in [-0.05, 0) is 46.7 Å². The molecule has 2 aromatic rings. The highest BCUT2D eigenvalue weighted by atomic mass is 79.9. The molecule has 0 radical (unpaired) electrons. The van der Waals surface area contributed by atoms with Crippen LogP contribution in [0.3, 0.4) is 0 Å². The highest BCUT2D eigenvalue weighted by Gasteiger charge is 2.19. The fourth-order valence-corrected chi connectivity index (χ4v) is 2.73. The van der Waals surface area contributed by atoms with Crippen LogP contribution in [-0.4, -0.2) is 5.11 Å². The van der Waals surface area contributed by atoms with Crippen LogP contribution in [0.2, 0.25) is 0 Å². The number of hydrogen-bond donors (Lipinski definition) is 1. The summed E-state index contributed by atoms with van der Waals surface area (Å²) < 4.78 is 14.1. The van der Waals surface area contributed by atoms with E-state index in [-0.39, 0.29) is 11.2 Å². The third-order valence-electron chi connectivity index (χ3n) is 4.09. The summed E-state index contributed by atoms with van der Waals surface area (Å²) in [4.78, 5) is 0. The van der Waals surface area contributed by atoms with Crippen molar-refractivity contribution in [3.8, 4) is 0 Å². The van der Waals surface area contributed by atoms with Gasteiger partial charge in [-0.1, -0.05) is 61.0 Å². The second-order valence-corrected chi connectivity index (χ2v) is 6.88. The van der Waals surface area contributed by atoms with Gasteiger partial charge in [0.25, 0.3) is 0 Å². The van der Waals surface area contributed by atoms with Gasteiger partial charge in [0.05, 0.1) is 0 Å². The first-order valence-corrected chi connectivity index (χ1v) is 7.87. The molecule has 21 heavy (non-hydrogen) atoms. The van der Waals surface area contributed by atoms with Crippen LogP contribution < -0.4 is 0 Å². The Balaban J connectivity index is 2.30. The zero-order valence-corrected chi connectivity index (χ0v) is 14.1. The van der Waals surface area contributed by atoms with Crippen LogP contribution in [-0.2, 0) is 5.41 Å². The molecule has 0 aliphatic rings. The molecular formula is C18H20BrFO. The Morgan fingerprint density at radius 2 is 1.71 bits per heavy atom. The van der Waals surface area contributed by atoms with Gasteiger partial charge in [0.15, 0.2) is 0 Å². The maximum atomic E-state index is 13.4. The Labute approximate surface area is 134 Å². The number of benzene rings is 2. The van der Waals surface area contributed by atoms with Crippen molar-refractivity contribution >= 4 is 15.9 Å². The molecule has 3 heteroatoms. The first-order chi connectivity index (χ1) is 9.83. The lowest BCUT2D eigenvalue weighted by molar-refractivity contribution is 0.219. The molecule has 0 saturated carbocycles. The maximum Gasteiger partial charge on any atom is 0.124 e. The first-order valence-electron chi connectivity index (χ1n) is 7.08. The molecule has 0 spiro atoms. The standard InChI is InChI=1S/C18H20BrFO/c1-4-18(2,3)14-7-5-12(6-8-14)17(21)13-9-15(19)11-16(20)10-13/h5-11,17,21H,4H2,1-3H3. The number of halogens is 2. The monoisotopic (exact) mass is 350 g/mol. The molecule has 1 N–H and O–H groups in total. The van der Waals surface area contributed by atoms with Gasteiger partial charge in [-0.3, -0.25) is 0 Å². The number of hydrogen-bond acceptors (Lipinski definition) is 1. The molecule has 0 heterocycles. The summed E-state index contributed by atoms with van der Waals surface area (Å²) in [6.07, 6.45) is 0.224. The summed E-state index contributed by atoms with van der Waals surface area (Å²) in [5, 5.41) is 10.4. The van der Waals surface area contributed by atoms with Gasteiger partial charge in [0.2, 0.25) is 0 Å². The highest BCUT2D eigenvalue weighted by Crippen LogP contribution is 2.30. The molecule has 112 valence electrons. The van der Waals surface area contributed by atoms with Crippen molar-refractivity contribution < 1.29 is 9.50 Å². The van der Waals surface area contributed by atoms with E-state index in [9.17, 15) is 9.50 Å². The molecule has 2 aromatic carbocycles. The molecule has 1 atom stereocenters. The van der Waals surface area contributed by atoms with Crippen molar-refractivity contribution in [3.63, 3.8) is 0 Å². The van der Waals surface area contributed by atoms with Crippen LogP contribution in [0.1, 0.15) is 50.0 Å². The Kier molecular flexibility index (Phi) is 4.84. The van der Waals surface area contributed by atoms with Crippen LogP contribution in [0.5, 0.6) is 0 Å². The normalized spacial score (nSPS) is 13.2. The Morgan fingerprint density at radius 3 is 2.24 bits per heavy atom. The van der Waals surface area contributed by atoms with Gasteiger partial charge in [-0.15, -0.1) is 0 Å². The maximum absolute atomic E-state index is 13.4. The van der Waals surface area contributed by atoms with E-state index in [2.05, 4.69) is 36.7 Å². The fourth-order valence-electron chi connectivity index (χ4n) is 2.25. The molecule has 0 amide bonds. The lowest BCUT2D eigenvalue weighted by Gasteiger charge is -2.24. The van der Waals surface area contributed by atoms with E-state index in [1.165, 1.54) is 17.7 Å². The zero-order valence-electron chi connectivity index (χ0n) is 12.5. The van der Waals surface area contributed by atoms with E-state index in [4.69, 9.17) is 0 Å². The summed E-state index contributed by atoms with van der Waals surface area (Å²) in [5.41, 5.74) is 2.67. The number of aliphatic hydroxyl groups is 1.